The van der Waals surface area contributed by atoms with E-state index in [2.05, 4.69) is 31.0 Å². The number of nitrogens with zero attached hydrogens (tertiary/aromatic N) is 3. The fraction of sp³-hybridized carbons (Fsp3) is 0.818. The SMILES string of the molecule is COCCOCc1nnc(CN)n1C(C)(C)C. The van der Waals surface area contributed by atoms with Crippen LogP contribution in [0.4, 0.5) is 0 Å². The first-order valence-electron chi connectivity index (χ1n) is 5.71. The molecule has 0 radical (unpaired) electrons. The van der Waals surface area contributed by atoms with E-state index in [1.165, 1.54) is 0 Å². The first-order valence-corrected chi connectivity index (χ1v) is 5.71. The summed E-state index contributed by atoms with van der Waals surface area (Å²) in [5, 5.41) is 8.19. The van der Waals surface area contributed by atoms with Crippen molar-refractivity contribution >= 4 is 0 Å². The van der Waals surface area contributed by atoms with Gasteiger partial charge in [0.25, 0.3) is 0 Å². The zero-order valence-corrected chi connectivity index (χ0v) is 11.1. The minimum Gasteiger partial charge on any atom is -0.382 e. The van der Waals surface area contributed by atoms with Crippen LogP contribution in [0.1, 0.15) is 32.4 Å². The Morgan fingerprint density at radius 2 is 1.82 bits per heavy atom. The van der Waals surface area contributed by atoms with Gasteiger partial charge in [-0.1, -0.05) is 0 Å². The van der Waals surface area contributed by atoms with Gasteiger partial charge in [0.1, 0.15) is 12.4 Å². The zero-order valence-electron chi connectivity index (χ0n) is 11.1. The highest BCUT2D eigenvalue weighted by atomic mass is 16.5. The smallest absolute Gasteiger partial charge is 0.159 e. The van der Waals surface area contributed by atoms with E-state index in [-0.39, 0.29) is 5.54 Å². The lowest BCUT2D eigenvalue weighted by molar-refractivity contribution is 0.0556. The van der Waals surface area contributed by atoms with Crippen LogP contribution >= 0.6 is 0 Å². The topological polar surface area (TPSA) is 75.2 Å². The van der Waals surface area contributed by atoms with Crippen LogP contribution in [-0.4, -0.2) is 35.1 Å². The second-order valence-corrected chi connectivity index (χ2v) is 4.79. The molecule has 0 spiro atoms. The van der Waals surface area contributed by atoms with Crippen molar-refractivity contribution < 1.29 is 9.47 Å². The molecule has 0 bridgehead atoms. The molecule has 0 aliphatic heterocycles. The Morgan fingerprint density at radius 3 is 2.35 bits per heavy atom. The minimum absolute atomic E-state index is 0.0991. The first-order chi connectivity index (χ1) is 8.00. The number of hydrogen-bond donors (Lipinski definition) is 1. The Bertz CT molecular complexity index is 344. The molecule has 1 rings (SSSR count). The molecular formula is C11H22N4O2. The highest BCUT2D eigenvalue weighted by Gasteiger charge is 2.22. The normalized spacial score (nSPS) is 12.1. The van der Waals surface area contributed by atoms with Gasteiger partial charge in [0.15, 0.2) is 5.82 Å². The van der Waals surface area contributed by atoms with Gasteiger partial charge in [-0.05, 0) is 20.8 Å². The molecule has 1 aromatic rings. The maximum absolute atomic E-state index is 5.65. The van der Waals surface area contributed by atoms with Gasteiger partial charge in [0.05, 0.1) is 19.8 Å². The fourth-order valence-corrected chi connectivity index (χ4v) is 1.66. The van der Waals surface area contributed by atoms with E-state index in [0.29, 0.717) is 26.4 Å². The highest BCUT2D eigenvalue weighted by molar-refractivity contribution is 5.00. The van der Waals surface area contributed by atoms with Crippen molar-refractivity contribution in [1.82, 2.24) is 14.8 Å². The molecule has 6 nitrogen and oxygen atoms in total. The maximum Gasteiger partial charge on any atom is 0.159 e. The van der Waals surface area contributed by atoms with E-state index >= 15 is 0 Å². The number of ether oxygens (including phenoxy) is 2. The summed E-state index contributed by atoms with van der Waals surface area (Å²) in [6, 6.07) is 0. The van der Waals surface area contributed by atoms with Gasteiger partial charge in [-0.15, -0.1) is 10.2 Å². The van der Waals surface area contributed by atoms with Gasteiger partial charge in [-0.3, -0.25) is 0 Å². The van der Waals surface area contributed by atoms with Gasteiger partial charge in [0.2, 0.25) is 0 Å². The highest BCUT2D eigenvalue weighted by Crippen LogP contribution is 2.18. The van der Waals surface area contributed by atoms with E-state index < -0.39 is 0 Å². The van der Waals surface area contributed by atoms with E-state index in [1.807, 2.05) is 4.57 Å². The van der Waals surface area contributed by atoms with Crippen LogP contribution in [0.15, 0.2) is 0 Å². The van der Waals surface area contributed by atoms with Crippen molar-refractivity contribution in [2.75, 3.05) is 20.3 Å². The molecule has 0 aromatic carbocycles. The molecule has 0 aliphatic carbocycles. The number of aromatic nitrogens is 3. The lowest BCUT2D eigenvalue weighted by atomic mass is 10.1. The van der Waals surface area contributed by atoms with Crippen LogP contribution in [0.2, 0.25) is 0 Å². The summed E-state index contributed by atoms with van der Waals surface area (Å²) >= 11 is 0. The predicted molar refractivity (Wildman–Crippen MR) is 64.4 cm³/mol. The second-order valence-electron chi connectivity index (χ2n) is 4.79. The summed E-state index contributed by atoms with van der Waals surface area (Å²) in [5.74, 6) is 1.58. The molecule has 0 amide bonds. The Labute approximate surface area is 102 Å². The van der Waals surface area contributed by atoms with Crippen molar-refractivity contribution in [1.29, 1.82) is 0 Å². The Kier molecular flexibility index (Phi) is 5.04. The average Bonchev–Trinajstić information content (AvgIpc) is 2.67. The molecule has 0 saturated heterocycles. The molecule has 1 aromatic heterocycles. The summed E-state index contributed by atoms with van der Waals surface area (Å²) < 4.78 is 12.4. The van der Waals surface area contributed by atoms with E-state index in [4.69, 9.17) is 15.2 Å². The number of hydrogen-bond acceptors (Lipinski definition) is 5. The van der Waals surface area contributed by atoms with Gasteiger partial charge in [0, 0.05) is 12.6 Å². The minimum atomic E-state index is -0.0991. The van der Waals surface area contributed by atoms with Crippen LogP contribution in [-0.2, 0) is 28.2 Å². The number of nitrogens with two attached hydrogens (primary N) is 1. The third kappa shape index (κ3) is 3.76. The molecule has 98 valence electrons. The Hall–Kier alpha value is -0.980. The van der Waals surface area contributed by atoms with Crippen LogP contribution < -0.4 is 5.73 Å². The fourth-order valence-electron chi connectivity index (χ4n) is 1.66. The number of rotatable bonds is 6. The van der Waals surface area contributed by atoms with Crippen LogP contribution in [0.25, 0.3) is 0 Å². The third-order valence-corrected chi connectivity index (χ3v) is 2.31. The monoisotopic (exact) mass is 242 g/mol. The van der Waals surface area contributed by atoms with Crippen LogP contribution in [0.5, 0.6) is 0 Å². The molecule has 0 unspecified atom stereocenters. The third-order valence-electron chi connectivity index (χ3n) is 2.31. The predicted octanol–water partition coefficient (Wildman–Crippen LogP) is 0.655. The van der Waals surface area contributed by atoms with Crippen LogP contribution in [0, 0.1) is 0 Å². The van der Waals surface area contributed by atoms with Gasteiger partial charge in [-0.2, -0.15) is 0 Å². The quantitative estimate of drug-likeness (QED) is 0.741. The van der Waals surface area contributed by atoms with Crippen molar-refractivity contribution in [3.8, 4) is 0 Å². The molecule has 0 saturated carbocycles. The van der Waals surface area contributed by atoms with E-state index in [0.717, 1.165) is 11.6 Å². The molecule has 6 heteroatoms. The zero-order chi connectivity index (χ0) is 12.9. The summed E-state index contributed by atoms with van der Waals surface area (Å²) in [5.41, 5.74) is 5.55. The lowest BCUT2D eigenvalue weighted by Crippen LogP contribution is -2.27. The molecule has 1 heterocycles. The first kappa shape index (κ1) is 14.1. The second kappa shape index (κ2) is 6.09. The summed E-state index contributed by atoms with van der Waals surface area (Å²) in [6.45, 7) is 8.20. The lowest BCUT2D eigenvalue weighted by Gasteiger charge is -2.24. The van der Waals surface area contributed by atoms with Gasteiger partial charge >= 0.3 is 0 Å². The van der Waals surface area contributed by atoms with Crippen molar-refractivity contribution in [3.63, 3.8) is 0 Å². The Morgan fingerprint density at radius 1 is 1.18 bits per heavy atom. The van der Waals surface area contributed by atoms with Crippen molar-refractivity contribution in [2.45, 2.75) is 39.5 Å². The summed E-state index contributed by atoms with van der Waals surface area (Å²) in [4.78, 5) is 0. The summed E-state index contributed by atoms with van der Waals surface area (Å²) in [6.07, 6.45) is 0. The van der Waals surface area contributed by atoms with E-state index in [9.17, 15) is 0 Å². The summed E-state index contributed by atoms with van der Waals surface area (Å²) in [7, 11) is 1.65. The molecule has 0 aliphatic rings. The molecular weight excluding hydrogens is 220 g/mol. The average molecular weight is 242 g/mol. The standard InChI is InChI=1S/C11H22N4O2/c1-11(2,3)15-9(7-12)13-14-10(15)8-17-6-5-16-4/h5-8,12H2,1-4H3. The van der Waals surface area contributed by atoms with Crippen molar-refractivity contribution in [2.24, 2.45) is 5.73 Å². The van der Waals surface area contributed by atoms with E-state index in [1.54, 1.807) is 7.11 Å². The molecule has 17 heavy (non-hydrogen) atoms. The maximum atomic E-state index is 5.65. The number of methoxy groups -OCH3 is 1. The van der Waals surface area contributed by atoms with Gasteiger partial charge in [-0.25, -0.2) is 0 Å². The van der Waals surface area contributed by atoms with Gasteiger partial charge < -0.3 is 19.8 Å². The molecule has 0 fully saturated rings. The largest absolute Gasteiger partial charge is 0.382 e. The van der Waals surface area contributed by atoms with Crippen molar-refractivity contribution in [3.05, 3.63) is 11.6 Å². The Balaban J connectivity index is 2.75. The molecule has 0 atom stereocenters. The van der Waals surface area contributed by atoms with Crippen LogP contribution in [0.3, 0.4) is 0 Å². The molecule has 2 N–H and O–H groups in total.